The highest BCUT2D eigenvalue weighted by Gasteiger charge is 2.15. The Morgan fingerprint density at radius 2 is 2.00 bits per heavy atom. The second-order valence-corrected chi connectivity index (χ2v) is 9.43. The summed E-state index contributed by atoms with van der Waals surface area (Å²) in [5.74, 6) is -0.0701. The quantitative estimate of drug-likeness (QED) is 0.305. The Kier molecular flexibility index (Phi) is 6.34. The summed E-state index contributed by atoms with van der Waals surface area (Å²) >= 11 is 10.4. The number of halogens is 1. The zero-order chi connectivity index (χ0) is 20.2. The molecule has 0 atom stereocenters. The molecule has 148 valence electrons. The van der Waals surface area contributed by atoms with E-state index in [0.29, 0.717) is 32.6 Å². The molecule has 1 aromatic carbocycles. The minimum absolute atomic E-state index is 0.0597. The van der Waals surface area contributed by atoms with Gasteiger partial charge in [0.1, 0.15) is 4.70 Å². The van der Waals surface area contributed by atoms with Gasteiger partial charge in [-0.1, -0.05) is 41.6 Å². The molecule has 0 aliphatic rings. The average Bonchev–Trinajstić information content (AvgIpc) is 3.39. The van der Waals surface area contributed by atoms with Crippen molar-refractivity contribution in [2.75, 3.05) is 11.1 Å². The van der Waals surface area contributed by atoms with Crippen molar-refractivity contribution in [3.63, 3.8) is 0 Å². The van der Waals surface area contributed by atoms with Crippen LogP contribution >= 0.6 is 46.0 Å². The van der Waals surface area contributed by atoms with Crippen LogP contribution in [0.4, 0.5) is 5.69 Å². The van der Waals surface area contributed by atoms with Gasteiger partial charge >= 0.3 is 0 Å². The largest absolute Gasteiger partial charge is 0.324 e. The third-order valence-electron chi connectivity index (χ3n) is 4.17. The maximum atomic E-state index is 13.0. The highest BCUT2D eigenvalue weighted by molar-refractivity contribution is 7.99. The van der Waals surface area contributed by atoms with Gasteiger partial charge in [0.2, 0.25) is 5.91 Å². The monoisotopic (exact) mass is 461 g/mol. The van der Waals surface area contributed by atoms with E-state index in [1.54, 1.807) is 34.1 Å². The van der Waals surface area contributed by atoms with Crippen LogP contribution in [0.2, 0.25) is 5.02 Å². The number of benzene rings is 1. The second kappa shape index (κ2) is 9.13. The Morgan fingerprint density at radius 3 is 2.79 bits per heavy atom. The van der Waals surface area contributed by atoms with Crippen molar-refractivity contribution in [1.82, 2.24) is 9.55 Å². The number of aryl methyl sites for hydroxylation is 1. The topological polar surface area (TPSA) is 64.0 Å². The van der Waals surface area contributed by atoms with Crippen LogP contribution in [0.15, 0.2) is 63.2 Å². The Labute approximate surface area is 184 Å². The molecule has 1 N–H and O–H groups in total. The Hall–Kier alpha value is -2.13. The van der Waals surface area contributed by atoms with E-state index in [1.807, 2.05) is 29.0 Å². The SMILES string of the molecule is O=C(CSc1nc2ccsc2c(=O)n1CCc1cccs1)Nc1ccccc1Cl. The molecule has 0 saturated heterocycles. The van der Waals surface area contributed by atoms with Gasteiger partial charge in [-0.05, 0) is 41.4 Å². The first-order valence-corrected chi connectivity index (χ1v) is 11.9. The number of nitrogens with zero attached hydrogens (tertiary/aromatic N) is 2. The fraction of sp³-hybridized carbons (Fsp3) is 0.150. The van der Waals surface area contributed by atoms with Crippen LogP contribution in [0.5, 0.6) is 0 Å². The lowest BCUT2D eigenvalue weighted by molar-refractivity contribution is -0.113. The summed E-state index contributed by atoms with van der Waals surface area (Å²) in [6.45, 7) is 0.522. The van der Waals surface area contributed by atoms with E-state index >= 15 is 0 Å². The Bertz CT molecular complexity index is 1200. The van der Waals surface area contributed by atoms with Crippen molar-refractivity contribution in [2.24, 2.45) is 0 Å². The predicted molar refractivity (Wildman–Crippen MR) is 123 cm³/mol. The lowest BCUT2D eigenvalue weighted by Crippen LogP contribution is -2.24. The van der Waals surface area contributed by atoms with Crippen molar-refractivity contribution < 1.29 is 4.79 Å². The first kappa shape index (κ1) is 20.2. The van der Waals surface area contributed by atoms with Gasteiger partial charge in [0, 0.05) is 11.4 Å². The summed E-state index contributed by atoms with van der Waals surface area (Å²) < 4.78 is 2.31. The fourth-order valence-corrected chi connectivity index (χ4v) is 5.27. The fourth-order valence-electron chi connectivity index (χ4n) is 2.79. The number of thiophene rings is 2. The minimum Gasteiger partial charge on any atom is -0.324 e. The number of carbonyl (C=O) groups excluding carboxylic acids is 1. The third-order valence-corrected chi connectivity index (χ3v) is 7.31. The van der Waals surface area contributed by atoms with Gasteiger partial charge in [0.05, 0.1) is 22.0 Å². The number of hydrogen-bond acceptors (Lipinski definition) is 6. The van der Waals surface area contributed by atoms with E-state index in [2.05, 4.69) is 16.4 Å². The number of anilines is 1. The smallest absolute Gasteiger partial charge is 0.272 e. The zero-order valence-electron chi connectivity index (χ0n) is 15.1. The average molecular weight is 462 g/mol. The number of fused-ring (bicyclic) bond motifs is 1. The van der Waals surface area contributed by atoms with Crippen LogP contribution in [-0.4, -0.2) is 21.2 Å². The number of thioether (sulfide) groups is 1. The van der Waals surface area contributed by atoms with Crippen molar-refractivity contribution in [3.8, 4) is 0 Å². The normalized spacial score (nSPS) is 11.1. The number of carbonyl (C=O) groups is 1. The van der Waals surface area contributed by atoms with Gasteiger partial charge in [-0.15, -0.1) is 22.7 Å². The number of amides is 1. The predicted octanol–water partition coefficient (Wildman–Crippen LogP) is 5.15. The van der Waals surface area contributed by atoms with E-state index in [9.17, 15) is 9.59 Å². The molecule has 0 aliphatic carbocycles. The third kappa shape index (κ3) is 4.72. The second-order valence-electron chi connectivity index (χ2n) is 6.13. The number of aromatic nitrogens is 2. The van der Waals surface area contributed by atoms with Crippen LogP contribution in [0.1, 0.15) is 4.88 Å². The number of hydrogen-bond donors (Lipinski definition) is 1. The summed E-state index contributed by atoms with van der Waals surface area (Å²) in [6, 6.07) is 13.0. The van der Waals surface area contributed by atoms with Crippen LogP contribution < -0.4 is 10.9 Å². The summed E-state index contributed by atoms with van der Waals surface area (Å²) in [4.78, 5) is 31.2. The molecule has 0 aliphatic heterocycles. The standard InChI is InChI=1S/C20H16ClN3O2S3/c21-14-5-1-2-6-15(14)22-17(25)12-29-20-23-16-8-11-28-18(16)19(26)24(20)9-7-13-4-3-10-27-13/h1-6,8,10-11H,7,9,12H2,(H,22,25). The van der Waals surface area contributed by atoms with E-state index in [1.165, 1.54) is 28.0 Å². The summed E-state index contributed by atoms with van der Waals surface area (Å²) in [5.41, 5.74) is 1.17. The molecule has 0 spiro atoms. The van der Waals surface area contributed by atoms with Crippen molar-refractivity contribution in [3.05, 3.63) is 73.5 Å². The van der Waals surface area contributed by atoms with Gasteiger partial charge in [-0.2, -0.15) is 0 Å². The molecule has 0 unspecified atom stereocenters. The highest BCUT2D eigenvalue weighted by Crippen LogP contribution is 2.24. The van der Waals surface area contributed by atoms with Gasteiger partial charge in [-0.25, -0.2) is 4.98 Å². The Balaban J connectivity index is 1.53. The van der Waals surface area contributed by atoms with Crippen LogP contribution in [0.3, 0.4) is 0 Å². The number of rotatable bonds is 7. The zero-order valence-corrected chi connectivity index (χ0v) is 18.3. The lowest BCUT2D eigenvalue weighted by Gasteiger charge is -2.12. The summed E-state index contributed by atoms with van der Waals surface area (Å²) in [6.07, 6.45) is 0.746. The molecule has 29 heavy (non-hydrogen) atoms. The van der Waals surface area contributed by atoms with E-state index in [-0.39, 0.29) is 17.2 Å². The molecule has 5 nitrogen and oxygen atoms in total. The summed E-state index contributed by atoms with van der Waals surface area (Å²) in [7, 11) is 0. The molecule has 3 heterocycles. The van der Waals surface area contributed by atoms with Crippen molar-refractivity contribution >= 4 is 67.8 Å². The van der Waals surface area contributed by atoms with Crippen LogP contribution in [-0.2, 0) is 17.8 Å². The molecule has 9 heteroatoms. The first-order chi connectivity index (χ1) is 14.1. The first-order valence-electron chi connectivity index (χ1n) is 8.79. The molecular formula is C20H16ClN3O2S3. The van der Waals surface area contributed by atoms with Gasteiger partial charge in [0.25, 0.3) is 5.56 Å². The number of para-hydroxylation sites is 1. The summed E-state index contributed by atoms with van der Waals surface area (Å²) in [5, 5.41) is 7.71. The molecule has 0 radical (unpaired) electrons. The molecule has 0 bridgehead atoms. The lowest BCUT2D eigenvalue weighted by atomic mass is 10.3. The molecule has 3 aromatic heterocycles. The molecule has 4 aromatic rings. The van der Waals surface area contributed by atoms with Crippen LogP contribution in [0.25, 0.3) is 10.2 Å². The molecule has 4 rings (SSSR count). The highest BCUT2D eigenvalue weighted by atomic mass is 35.5. The van der Waals surface area contributed by atoms with Gasteiger partial charge in [-0.3, -0.25) is 14.2 Å². The van der Waals surface area contributed by atoms with Crippen molar-refractivity contribution in [1.29, 1.82) is 0 Å². The molecular weight excluding hydrogens is 446 g/mol. The van der Waals surface area contributed by atoms with Gasteiger partial charge in [0.15, 0.2) is 5.16 Å². The minimum atomic E-state index is -0.201. The maximum Gasteiger partial charge on any atom is 0.272 e. The van der Waals surface area contributed by atoms with Crippen molar-refractivity contribution in [2.45, 2.75) is 18.1 Å². The number of nitrogens with one attached hydrogen (secondary N) is 1. The molecule has 1 amide bonds. The molecule has 0 saturated carbocycles. The van der Waals surface area contributed by atoms with Gasteiger partial charge < -0.3 is 5.32 Å². The Morgan fingerprint density at radius 1 is 1.14 bits per heavy atom. The van der Waals surface area contributed by atoms with E-state index < -0.39 is 0 Å². The maximum absolute atomic E-state index is 13.0. The van der Waals surface area contributed by atoms with Crippen LogP contribution in [0, 0.1) is 0 Å². The van der Waals surface area contributed by atoms with E-state index in [0.717, 1.165) is 6.42 Å². The van der Waals surface area contributed by atoms with E-state index in [4.69, 9.17) is 11.6 Å². The molecule has 0 fully saturated rings.